The molecule has 0 saturated carbocycles. The van der Waals surface area contributed by atoms with Gasteiger partial charge < -0.3 is 15.5 Å². The normalized spacial score (nSPS) is 13.7. The van der Waals surface area contributed by atoms with Gasteiger partial charge in [-0.1, -0.05) is 38.5 Å². The number of amides is 1. The molecule has 0 aliphatic carbocycles. The minimum absolute atomic E-state index is 0.155. The first-order chi connectivity index (χ1) is 10.1. The Morgan fingerprint density at radius 1 is 1.38 bits per heavy atom. The summed E-state index contributed by atoms with van der Waals surface area (Å²) in [7, 11) is 0. The lowest BCUT2D eigenvalue weighted by atomic mass is 9.99. The van der Waals surface area contributed by atoms with E-state index in [0.29, 0.717) is 18.1 Å². The third kappa shape index (κ3) is 3.92. The van der Waals surface area contributed by atoms with Gasteiger partial charge in [0.25, 0.3) is 0 Å². The van der Waals surface area contributed by atoms with Crippen LogP contribution in [0.5, 0.6) is 0 Å². The van der Waals surface area contributed by atoms with Gasteiger partial charge in [0.1, 0.15) is 6.26 Å². The fourth-order valence-corrected chi connectivity index (χ4v) is 1.91. The van der Waals surface area contributed by atoms with Crippen molar-refractivity contribution >= 4 is 5.91 Å². The quantitative estimate of drug-likeness (QED) is 0.854. The van der Waals surface area contributed by atoms with Crippen LogP contribution in [0.15, 0.2) is 41.0 Å². The maximum absolute atomic E-state index is 11.9. The van der Waals surface area contributed by atoms with Gasteiger partial charge in [-0.05, 0) is 18.1 Å². The third-order valence-corrected chi connectivity index (χ3v) is 3.58. The molecule has 0 aliphatic rings. The number of hydrogen-bond donors (Lipinski definition) is 2. The van der Waals surface area contributed by atoms with Crippen molar-refractivity contribution in [2.75, 3.05) is 0 Å². The molecule has 0 bridgehead atoms. The van der Waals surface area contributed by atoms with Crippen LogP contribution >= 0.6 is 0 Å². The summed E-state index contributed by atoms with van der Waals surface area (Å²) >= 11 is 0. The average molecular weight is 287 g/mol. The molecule has 0 aliphatic heterocycles. The average Bonchev–Trinajstić information content (AvgIpc) is 3.01. The molecule has 1 aromatic heterocycles. The number of oxazole rings is 1. The maximum atomic E-state index is 11.9. The first-order valence-electron chi connectivity index (χ1n) is 7.15. The summed E-state index contributed by atoms with van der Waals surface area (Å²) in [4.78, 5) is 16.3. The maximum Gasteiger partial charge on any atom is 0.237 e. The van der Waals surface area contributed by atoms with E-state index in [1.165, 1.54) is 0 Å². The zero-order valence-electron chi connectivity index (χ0n) is 12.4. The van der Waals surface area contributed by atoms with Crippen molar-refractivity contribution in [3.8, 4) is 11.5 Å². The first kappa shape index (κ1) is 15.3. The Hall–Kier alpha value is -2.14. The van der Waals surface area contributed by atoms with Crippen LogP contribution in [-0.4, -0.2) is 16.9 Å². The van der Waals surface area contributed by atoms with E-state index >= 15 is 0 Å². The van der Waals surface area contributed by atoms with Gasteiger partial charge in [-0.2, -0.15) is 0 Å². The van der Waals surface area contributed by atoms with Crippen LogP contribution in [0.1, 0.15) is 26.0 Å². The van der Waals surface area contributed by atoms with E-state index < -0.39 is 6.04 Å². The Bertz CT molecular complexity index is 580. The van der Waals surface area contributed by atoms with Crippen molar-refractivity contribution in [2.24, 2.45) is 11.7 Å². The van der Waals surface area contributed by atoms with Gasteiger partial charge in [-0.3, -0.25) is 4.79 Å². The fourth-order valence-electron chi connectivity index (χ4n) is 1.91. The Kier molecular flexibility index (Phi) is 5.11. The molecule has 1 amide bonds. The summed E-state index contributed by atoms with van der Waals surface area (Å²) in [6, 6.07) is 9.14. The van der Waals surface area contributed by atoms with E-state index in [1.54, 1.807) is 6.26 Å². The molecule has 0 spiro atoms. The zero-order chi connectivity index (χ0) is 15.2. The number of aromatic nitrogens is 1. The topological polar surface area (TPSA) is 81.2 Å². The molecule has 3 N–H and O–H groups in total. The number of carbonyl (C=O) groups is 1. The highest BCUT2D eigenvalue weighted by molar-refractivity contribution is 5.81. The molecule has 0 radical (unpaired) electrons. The van der Waals surface area contributed by atoms with Crippen LogP contribution in [0, 0.1) is 5.92 Å². The molecule has 5 nitrogen and oxygen atoms in total. The molecule has 2 aromatic rings. The van der Waals surface area contributed by atoms with Crippen molar-refractivity contribution in [3.05, 3.63) is 42.3 Å². The largest absolute Gasteiger partial charge is 0.444 e. The SMILES string of the molecule is CCC(C)C(N)C(=O)NCc1coc(-c2ccccc2)n1. The van der Waals surface area contributed by atoms with Crippen molar-refractivity contribution in [1.82, 2.24) is 10.3 Å². The molecule has 2 atom stereocenters. The van der Waals surface area contributed by atoms with Crippen molar-refractivity contribution < 1.29 is 9.21 Å². The van der Waals surface area contributed by atoms with Crippen LogP contribution in [0.4, 0.5) is 0 Å². The van der Waals surface area contributed by atoms with Crippen LogP contribution in [0.3, 0.4) is 0 Å². The van der Waals surface area contributed by atoms with Crippen molar-refractivity contribution in [1.29, 1.82) is 0 Å². The molecule has 2 rings (SSSR count). The molecule has 1 aromatic carbocycles. The van der Waals surface area contributed by atoms with Gasteiger partial charge in [0.2, 0.25) is 11.8 Å². The molecule has 21 heavy (non-hydrogen) atoms. The summed E-state index contributed by atoms with van der Waals surface area (Å²) in [6.45, 7) is 4.30. The Morgan fingerprint density at radius 2 is 2.10 bits per heavy atom. The number of carbonyl (C=O) groups excluding carboxylic acids is 1. The van der Waals surface area contributed by atoms with Crippen LogP contribution in [0.25, 0.3) is 11.5 Å². The molecular formula is C16H21N3O2. The number of nitrogens with two attached hydrogens (primary N) is 1. The number of nitrogens with one attached hydrogen (secondary N) is 1. The second-order valence-corrected chi connectivity index (χ2v) is 5.14. The minimum Gasteiger partial charge on any atom is -0.444 e. The zero-order valence-corrected chi connectivity index (χ0v) is 12.4. The smallest absolute Gasteiger partial charge is 0.237 e. The second-order valence-electron chi connectivity index (χ2n) is 5.14. The van der Waals surface area contributed by atoms with Gasteiger partial charge in [0.05, 0.1) is 18.3 Å². The molecular weight excluding hydrogens is 266 g/mol. The molecule has 0 fully saturated rings. The van der Waals surface area contributed by atoms with E-state index in [1.807, 2.05) is 44.2 Å². The predicted octanol–water partition coefficient (Wildman–Crippen LogP) is 2.33. The number of nitrogens with zero attached hydrogens (tertiary/aromatic N) is 1. The number of benzene rings is 1. The Labute approximate surface area is 124 Å². The highest BCUT2D eigenvalue weighted by atomic mass is 16.3. The van der Waals surface area contributed by atoms with Crippen LogP contribution in [0.2, 0.25) is 0 Å². The third-order valence-electron chi connectivity index (χ3n) is 3.58. The van der Waals surface area contributed by atoms with Crippen molar-refractivity contribution in [2.45, 2.75) is 32.9 Å². The molecule has 5 heteroatoms. The highest BCUT2D eigenvalue weighted by Crippen LogP contribution is 2.17. The van der Waals surface area contributed by atoms with Gasteiger partial charge in [0.15, 0.2) is 0 Å². The van der Waals surface area contributed by atoms with Gasteiger partial charge in [-0.15, -0.1) is 0 Å². The lowest BCUT2D eigenvalue weighted by Gasteiger charge is -2.17. The lowest BCUT2D eigenvalue weighted by Crippen LogP contribution is -2.44. The summed E-state index contributed by atoms with van der Waals surface area (Å²) in [5, 5.41) is 2.79. The van der Waals surface area contributed by atoms with E-state index in [9.17, 15) is 4.79 Å². The van der Waals surface area contributed by atoms with Gasteiger partial charge in [-0.25, -0.2) is 4.98 Å². The van der Waals surface area contributed by atoms with Gasteiger partial charge >= 0.3 is 0 Å². The summed E-state index contributed by atoms with van der Waals surface area (Å²) in [6.07, 6.45) is 2.42. The molecule has 0 saturated heterocycles. The summed E-state index contributed by atoms with van der Waals surface area (Å²) in [5.74, 6) is 0.543. The summed E-state index contributed by atoms with van der Waals surface area (Å²) in [5.41, 5.74) is 7.46. The highest BCUT2D eigenvalue weighted by Gasteiger charge is 2.19. The predicted molar refractivity (Wildman–Crippen MR) is 81.2 cm³/mol. The monoisotopic (exact) mass is 287 g/mol. The van der Waals surface area contributed by atoms with Crippen LogP contribution < -0.4 is 11.1 Å². The summed E-state index contributed by atoms with van der Waals surface area (Å²) < 4.78 is 5.42. The minimum atomic E-state index is -0.490. The number of rotatable bonds is 6. The lowest BCUT2D eigenvalue weighted by molar-refractivity contribution is -0.123. The number of hydrogen-bond acceptors (Lipinski definition) is 4. The van der Waals surface area contributed by atoms with E-state index in [2.05, 4.69) is 10.3 Å². The van der Waals surface area contributed by atoms with Crippen LogP contribution in [-0.2, 0) is 11.3 Å². The molecule has 112 valence electrons. The fraction of sp³-hybridized carbons (Fsp3) is 0.375. The van der Waals surface area contributed by atoms with E-state index in [0.717, 1.165) is 12.0 Å². The standard InChI is InChI=1S/C16H21N3O2/c1-3-11(2)14(17)15(20)18-9-13-10-21-16(19-13)12-7-5-4-6-8-12/h4-8,10-11,14H,3,9,17H2,1-2H3,(H,18,20). The molecule has 2 unspecified atom stereocenters. The Balaban J connectivity index is 1.93. The van der Waals surface area contributed by atoms with Crippen molar-refractivity contribution in [3.63, 3.8) is 0 Å². The first-order valence-corrected chi connectivity index (χ1v) is 7.15. The Morgan fingerprint density at radius 3 is 2.76 bits per heavy atom. The van der Waals surface area contributed by atoms with E-state index in [4.69, 9.17) is 10.2 Å². The molecule has 1 heterocycles. The van der Waals surface area contributed by atoms with E-state index in [-0.39, 0.29) is 11.8 Å². The van der Waals surface area contributed by atoms with Gasteiger partial charge in [0, 0.05) is 5.56 Å². The second kappa shape index (κ2) is 7.04.